The van der Waals surface area contributed by atoms with Gasteiger partial charge in [-0.3, -0.25) is 0 Å². The van der Waals surface area contributed by atoms with Crippen molar-refractivity contribution in [1.29, 1.82) is 0 Å². The van der Waals surface area contributed by atoms with Crippen LogP contribution in [0.2, 0.25) is 0 Å². The summed E-state index contributed by atoms with van der Waals surface area (Å²) in [6, 6.07) is 0.528. The second-order valence-corrected chi connectivity index (χ2v) is 2.85. The van der Waals surface area contributed by atoms with E-state index in [0.29, 0.717) is 6.04 Å². The van der Waals surface area contributed by atoms with Crippen molar-refractivity contribution in [2.75, 3.05) is 0 Å². The SMILES string of the molecule is CC[C@H]1CC[C@@H](N)C1. The summed E-state index contributed by atoms with van der Waals surface area (Å²) < 4.78 is 0. The van der Waals surface area contributed by atoms with Crippen molar-refractivity contribution in [3.63, 3.8) is 0 Å². The molecular weight excluding hydrogens is 98.1 g/mol. The molecule has 0 spiro atoms. The molecule has 1 rings (SSSR count). The Morgan fingerprint density at radius 1 is 1.50 bits per heavy atom. The van der Waals surface area contributed by atoms with Gasteiger partial charge in [0.1, 0.15) is 0 Å². The Balaban J connectivity index is 2.22. The highest BCUT2D eigenvalue weighted by molar-refractivity contribution is 4.76. The van der Waals surface area contributed by atoms with E-state index < -0.39 is 0 Å². The summed E-state index contributed by atoms with van der Waals surface area (Å²) in [5.74, 6) is 0.949. The minimum absolute atomic E-state index is 0.528. The lowest BCUT2D eigenvalue weighted by molar-refractivity contribution is 0.520. The molecule has 1 heteroatoms. The van der Waals surface area contributed by atoms with Crippen LogP contribution in [0.25, 0.3) is 0 Å². The first kappa shape index (κ1) is 6.09. The van der Waals surface area contributed by atoms with Crippen molar-refractivity contribution < 1.29 is 0 Å². The normalized spacial score (nSPS) is 38.2. The molecule has 0 aromatic carbocycles. The Hall–Kier alpha value is -0.0400. The Bertz CT molecular complexity index is 70.8. The van der Waals surface area contributed by atoms with Gasteiger partial charge in [-0.15, -0.1) is 0 Å². The Morgan fingerprint density at radius 3 is 2.50 bits per heavy atom. The van der Waals surface area contributed by atoms with Crippen molar-refractivity contribution in [2.45, 2.75) is 38.6 Å². The van der Waals surface area contributed by atoms with Crippen molar-refractivity contribution in [2.24, 2.45) is 11.7 Å². The van der Waals surface area contributed by atoms with E-state index in [1.165, 1.54) is 25.7 Å². The van der Waals surface area contributed by atoms with E-state index in [1.54, 1.807) is 0 Å². The van der Waals surface area contributed by atoms with Crippen LogP contribution >= 0.6 is 0 Å². The topological polar surface area (TPSA) is 26.0 Å². The Morgan fingerprint density at radius 2 is 2.25 bits per heavy atom. The van der Waals surface area contributed by atoms with Crippen LogP contribution in [-0.2, 0) is 0 Å². The van der Waals surface area contributed by atoms with Crippen LogP contribution in [0.3, 0.4) is 0 Å². The van der Waals surface area contributed by atoms with E-state index in [9.17, 15) is 0 Å². The summed E-state index contributed by atoms with van der Waals surface area (Å²) in [4.78, 5) is 0. The van der Waals surface area contributed by atoms with Gasteiger partial charge in [-0.1, -0.05) is 13.3 Å². The average molecular weight is 113 g/mol. The molecule has 0 aromatic rings. The molecule has 1 nitrogen and oxygen atoms in total. The van der Waals surface area contributed by atoms with Gasteiger partial charge < -0.3 is 5.73 Å². The fourth-order valence-corrected chi connectivity index (χ4v) is 1.48. The monoisotopic (exact) mass is 113 g/mol. The maximum absolute atomic E-state index is 5.70. The number of hydrogen-bond acceptors (Lipinski definition) is 1. The first-order chi connectivity index (χ1) is 3.83. The van der Waals surface area contributed by atoms with E-state index in [-0.39, 0.29) is 0 Å². The van der Waals surface area contributed by atoms with E-state index >= 15 is 0 Å². The van der Waals surface area contributed by atoms with Gasteiger partial charge in [-0.05, 0) is 25.2 Å². The zero-order chi connectivity index (χ0) is 5.98. The summed E-state index contributed by atoms with van der Waals surface area (Å²) in [6.07, 6.45) is 5.24. The van der Waals surface area contributed by atoms with Gasteiger partial charge in [0.15, 0.2) is 0 Å². The van der Waals surface area contributed by atoms with E-state index in [4.69, 9.17) is 5.73 Å². The van der Waals surface area contributed by atoms with Gasteiger partial charge in [0.05, 0.1) is 0 Å². The molecule has 48 valence electrons. The van der Waals surface area contributed by atoms with Gasteiger partial charge in [0.2, 0.25) is 0 Å². The molecule has 0 unspecified atom stereocenters. The van der Waals surface area contributed by atoms with Gasteiger partial charge in [0, 0.05) is 6.04 Å². The quantitative estimate of drug-likeness (QED) is 0.548. The van der Waals surface area contributed by atoms with Gasteiger partial charge in [-0.25, -0.2) is 0 Å². The molecule has 0 saturated heterocycles. The van der Waals surface area contributed by atoms with Crippen molar-refractivity contribution in [3.8, 4) is 0 Å². The van der Waals surface area contributed by atoms with Gasteiger partial charge >= 0.3 is 0 Å². The lowest BCUT2D eigenvalue weighted by atomic mass is 10.1. The molecule has 1 saturated carbocycles. The second-order valence-electron chi connectivity index (χ2n) is 2.85. The molecular formula is C7H15N. The highest BCUT2D eigenvalue weighted by atomic mass is 14.6. The number of nitrogens with two attached hydrogens (primary N) is 1. The van der Waals surface area contributed by atoms with Gasteiger partial charge in [-0.2, -0.15) is 0 Å². The van der Waals surface area contributed by atoms with Crippen LogP contribution in [0, 0.1) is 5.92 Å². The Labute approximate surface area is 51.3 Å². The fraction of sp³-hybridized carbons (Fsp3) is 1.00. The van der Waals surface area contributed by atoms with Crippen LogP contribution in [-0.4, -0.2) is 6.04 Å². The maximum atomic E-state index is 5.70. The second kappa shape index (κ2) is 2.49. The van der Waals surface area contributed by atoms with Crippen molar-refractivity contribution in [1.82, 2.24) is 0 Å². The molecule has 0 amide bonds. The minimum atomic E-state index is 0.528. The molecule has 0 heterocycles. The molecule has 0 bridgehead atoms. The van der Waals surface area contributed by atoms with E-state index in [0.717, 1.165) is 5.92 Å². The highest BCUT2D eigenvalue weighted by Gasteiger charge is 2.19. The van der Waals surface area contributed by atoms with E-state index in [1.807, 2.05) is 0 Å². The lowest BCUT2D eigenvalue weighted by Gasteiger charge is -2.02. The van der Waals surface area contributed by atoms with Crippen molar-refractivity contribution >= 4 is 0 Å². The van der Waals surface area contributed by atoms with Crippen LogP contribution in [0.4, 0.5) is 0 Å². The third-order valence-electron chi connectivity index (χ3n) is 2.16. The van der Waals surface area contributed by atoms with Crippen LogP contribution in [0.1, 0.15) is 32.6 Å². The Kier molecular flexibility index (Phi) is 1.90. The average Bonchev–Trinajstić information content (AvgIpc) is 2.14. The number of rotatable bonds is 1. The molecule has 8 heavy (non-hydrogen) atoms. The van der Waals surface area contributed by atoms with E-state index in [2.05, 4.69) is 6.92 Å². The smallest absolute Gasteiger partial charge is 0.00415 e. The number of hydrogen-bond donors (Lipinski definition) is 1. The molecule has 0 aromatic heterocycles. The van der Waals surface area contributed by atoms with Crippen LogP contribution in [0.5, 0.6) is 0 Å². The zero-order valence-corrected chi connectivity index (χ0v) is 5.56. The van der Waals surface area contributed by atoms with Crippen LogP contribution < -0.4 is 5.73 Å². The fourth-order valence-electron chi connectivity index (χ4n) is 1.48. The lowest BCUT2D eigenvalue weighted by Crippen LogP contribution is -2.14. The summed E-state index contributed by atoms with van der Waals surface area (Å²) >= 11 is 0. The predicted octanol–water partition coefficient (Wildman–Crippen LogP) is 1.52. The minimum Gasteiger partial charge on any atom is -0.328 e. The third-order valence-corrected chi connectivity index (χ3v) is 2.16. The molecule has 0 radical (unpaired) electrons. The summed E-state index contributed by atoms with van der Waals surface area (Å²) in [5, 5.41) is 0. The molecule has 2 N–H and O–H groups in total. The summed E-state index contributed by atoms with van der Waals surface area (Å²) in [7, 11) is 0. The third kappa shape index (κ3) is 1.22. The maximum Gasteiger partial charge on any atom is 0.00415 e. The zero-order valence-electron chi connectivity index (χ0n) is 5.56. The highest BCUT2D eigenvalue weighted by Crippen LogP contribution is 2.25. The molecule has 1 aliphatic rings. The largest absolute Gasteiger partial charge is 0.328 e. The molecule has 2 atom stereocenters. The van der Waals surface area contributed by atoms with Crippen molar-refractivity contribution in [3.05, 3.63) is 0 Å². The molecule has 0 aliphatic heterocycles. The van der Waals surface area contributed by atoms with Gasteiger partial charge in [0.25, 0.3) is 0 Å². The first-order valence-corrected chi connectivity index (χ1v) is 3.58. The first-order valence-electron chi connectivity index (χ1n) is 3.58. The standard InChI is InChI=1S/C7H15N/c1-2-6-3-4-7(8)5-6/h6-7H,2-5,8H2,1H3/t6-,7+/m0/s1. The molecule has 1 aliphatic carbocycles. The predicted molar refractivity (Wildman–Crippen MR) is 35.6 cm³/mol. The summed E-state index contributed by atoms with van der Waals surface area (Å²) in [5.41, 5.74) is 5.70. The summed E-state index contributed by atoms with van der Waals surface area (Å²) in [6.45, 7) is 2.25. The van der Waals surface area contributed by atoms with Crippen LogP contribution in [0.15, 0.2) is 0 Å². The molecule has 1 fully saturated rings.